The van der Waals surface area contributed by atoms with Crippen LogP contribution in [-0.2, 0) is 32.7 Å². The molecule has 0 radical (unpaired) electrons. The van der Waals surface area contributed by atoms with Gasteiger partial charge in [-0.2, -0.15) is 0 Å². The maximum Gasteiger partial charge on any atom is 0.472 e. The summed E-state index contributed by atoms with van der Waals surface area (Å²) in [6, 6.07) is 0. The van der Waals surface area contributed by atoms with E-state index in [0.717, 1.165) is 38.5 Å². The van der Waals surface area contributed by atoms with Gasteiger partial charge >= 0.3 is 19.8 Å². The van der Waals surface area contributed by atoms with Crippen LogP contribution in [0.15, 0.2) is 97.2 Å². The molecule has 304 valence electrons. The second kappa shape index (κ2) is 30.0. The summed E-state index contributed by atoms with van der Waals surface area (Å²) >= 11 is 0. The molecule has 0 spiro atoms. The molecule has 7 unspecified atom stereocenters. The highest BCUT2D eigenvalue weighted by atomic mass is 31.2. The van der Waals surface area contributed by atoms with Crippen LogP contribution in [0.1, 0.15) is 84.5 Å². The van der Waals surface area contributed by atoms with Crippen molar-refractivity contribution in [2.45, 2.75) is 127 Å². The van der Waals surface area contributed by atoms with E-state index >= 15 is 0 Å². The Bertz CT molecular complexity index is 1320. The van der Waals surface area contributed by atoms with Gasteiger partial charge in [-0.25, -0.2) is 4.57 Å². The average molecular weight is 781 g/mol. The number of allylic oxidation sites excluding steroid dienone is 16. The molecule has 54 heavy (non-hydrogen) atoms. The van der Waals surface area contributed by atoms with Crippen molar-refractivity contribution in [3.8, 4) is 0 Å². The molecule has 13 nitrogen and oxygen atoms in total. The van der Waals surface area contributed by atoms with Crippen molar-refractivity contribution < 1.29 is 63.1 Å². The van der Waals surface area contributed by atoms with Crippen LogP contribution in [0.4, 0.5) is 0 Å². The second-order valence-electron chi connectivity index (χ2n) is 12.4. The van der Waals surface area contributed by atoms with E-state index in [1.54, 1.807) is 0 Å². The van der Waals surface area contributed by atoms with E-state index in [1.165, 1.54) is 0 Å². The molecular weight excluding hydrogens is 719 g/mol. The summed E-state index contributed by atoms with van der Waals surface area (Å²) in [5, 5.41) is 49.9. The minimum atomic E-state index is -5.14. The van der Waals surface area contributed by atoms with Gasteiger partial charge in [-0.05, 0) is 57.8 Å². The van der Waals surface area contributed by atoms with E-state index in [9.17, 15) is 44.6 Å². The van der Waals surface area contributed by atoms with Crippen LogP contribution in [0.5, 0.6) is 0 Å². The summed E-state index contributed by atoms with van der Waals surface area (Å²) in [5.74, 6) is -1.25. The number of ether oxygens (including phenoxy) is 2. The summed E-state index contributed by atoms with van der Waals surface area (Å²) in [6.45, 7) is 2.87. The largest absolute Gasteiger partial charge is 0.472 e. The Morgan fingerprint density at radius 2 is 1.09 bits per heavy atom. The lowest BCUT2D eigenvalue weighted by molar-refractivity contribution is -0.220. The summed E-state index contributed by atoms with van der Waals surface area (Å²) < 4.78 is 33.2. The van der Waals surface area contributed by atoms with Crippen molar-refractivity contribution >= 4 is 19.8 Å². The Morgan fingerprint density at radius 3 is 1.70 bits per heavy atom. The third kappa shape index (κ3) is 22.9. The van der Waals surface area contributed by atoms with Gasteiger partial charge in [-0.3, -0.25) is 18.6 Å². The minimum Gasteiger partial charge on any atom is -0.462 e. The van der Waals surface area contributed by atoms with Gasteiger partial charge in [0.15, 0.2) is 6.10 Å². The normalized spacial score (nSPS) is 24.4. The minimum absolute atomic E-state index is 0.0143. The summed E-state index contributed by atoms with van der Waals surface area (Å²) in [6.07, 6.45) is 25.1. The summed E-state index contributed by atoms with van der Waals surface area (Å²) in [5.41, 5.74) is 0. The van der Waals surface area contributed by atoms with Gasteiger partial charge in [0.2, 0.25) is 0 Å². The summed E-state index contributed by atoms with van der Waals surface area (Å²) in [4.78, 5) is 35.4. The van der Waals surface area contributed by atoms with Gasteiger partial charge in [0.05, 0.1) is 6.61 Å². The van der Waals surface area contributed by atoms with Crippen LogP contribution in [0.3, 0.4) is 0 Å². The summed E-state index contributed by atoms with van der Waals surface area (Å²) in [7, 11) is -5.14. The molecule has 1 aliphatic rings. The molecule has 6 N–H and O–H groups in total. The van der Waals surface area contributed by atoms with Crippen molar-refractivity contribution in [1.29, 1.82) is 0 Å². The van der Waals surface area contributed by atoms with Crippen molar-refractivity contribution in [1.82, 2.24) is 0 Å². The Kier molecular flexibility index (Phi) is 27.1. The number of phosphoric ester groups is 1. The molecule has 1 rings (SSSR count). The molecule has 0 aromatic rings. The Balaban J connectivity index is 2.66. The van der Waals surface area contributed by atoms with Crippen molar-refractivity contribution in [3.05, 3.63) is 97.2 Å². The standard InChI is InChI=1S/C40H61O13P/c1-3-5-7-9-11-13-15-17-19-21-23-25-27-29-34(42)52-32(30-50-33(41)28-26-24-22-20-18-16-14-12-10-8-6-4-2)31-51-54(48,49)53-40-38(46)36(44)35(43)37(45)39(40)47/h5-9,11-15,17-21,23,32,35-40,43-47H,3-4,10,16,22,24-31H2,1-2H3,(H,48,49)/b7-5+,8-6+,11-9+,14-12+,15-13+,19-17+,20-18+,23-21+/t32?,35?,36-,37?,38?,39?,40?/m1/s1. The van der Waals surface area contributed by atoms with Gasteiger partial charge in [-0.15, -0.1) is 0 Å². The maximum atomic E-state index is 12.7. The second-order valence-corrected chi connectivity index (χ2v) is 13.8. The number of carbonyl (C=O) groups is 2. The zero-order chi connectivity index (χ0) is 40.0. The molecule has 0 heterocycles. The van der Waals surface area contributed by atoms with E-state index < -0.39 is 75.7 Å². The van der Waals surface area contributed by atoms with Gasteiger partial charge in [0.1, 0.15) is 43.2 Å². The van der Waals surface area contributed by atoms with Crippen molar-refractivity contribution in [2.75, 3.05) is 13.2 Å². The lowest BCUT2D eigenvalue weighted by atomic mass is 9.85. The monoisotopic (exact) mass is 780 g/mol. The molecule has 0 aliphatic heterocycles. The molecule has 14 heteroatoms. The smallest absolute Gasteiger partial charge is 0.462 e. The van der Waals surface area contributed by atoms with Gasteiger partial charge in [0, 0.05) is 12.8 Å². The number of aliphatic hydroxyl groups is 5. The molecule has 0 bridgehead atoms. The molecule has 8 atom stereocenters. The van der Waals surface area contributed by atoms with E-state index in [-0.39, 0.29) is 12.8 Å². The average Bonchev–Trinajstić information content (AvgIpc) is 3.15. The fraction of sp³-hybridized carbons (Fsp3) is 0.550. The fourth-order valence-corrected chi connectivity index (χ4v) is 5.77. The molecule has 1 saturated carbocycles. The first-order chi connectivity index (χ1) is 25.9. The molecule has 0 amide bonds. The van der Waals surface area contributed by atoms with Gasteiger partial charge in [0.25, 0.3) is 0 Å². The first kappa shape index (κ1) is 48.8. The predicted molar refractivity (Wildman–Crippen MR) is 207 cm³/mol. The molecule has 1 fully saturated rings. The quantitative estimate of drug-likeness (QED) is 0.0199. The number of hydrogen-bond acceptors (Lipinski definition) is 12. The zero-order valence-corrected chi connectivity index (χ0v) is 32.4. The van der Waals surface area contributed by atoms with Crippen LogP contribution in [-0.4, -0.2) is 98.3 Å². The van der Waals surface area contributed by atoms with Gasteiger partial charge < -0.3 is 39.9 Å². The number of carbonyl (C=O) groups excluding carboxylic acids is 2. The lowest BCUT2D eigenvalue weighted by Crippen LogP contribution is -2.64. The van der Waals surface area contributed by atoms with E-state index in [4.69, 9.17) is 18.5 Å². The first-order valence-corrected chi connectivity index (χ1v) is 20.1. The Labute approximate surface area is 320 Å². The predicted octanol–water partition coefficient (Wildman–Crippen LogP) is 5.54. The third-order valence-corrected chi connectivity index (χ3v) is 8.78. The fourth-order valence-electron chi connectivity index (χ4n) is 4.80. The number of hydrogen-bond donors (Lipinski definition) is 6. The van der Waals surface area contributed by atoms with Crippen LogP contribution in [0, 0.1) is 0 Å². The number of aliphatic hydroxyl groups excluding tert-OH is 5. The number of esters is 2. The molecule has 0 aromatic heterocycles. The van der Waals surface area contributed by atoms with Crippen LogP contribution >= 0.6 is 7.82 Å². The van der Waals surface area contributed by atoms with Crippen LogP contribution in [0.2, 0.25) is 0 Å². The number of phosphoric acid groups is 1. The molecular formula is C40H61O13P. The van der Waals surface area contributed by atoms with Crippen LogP contribution < -0.4 is 0 Å². The number of unbranched alkanes of at least 4 members (excludes halogenated alkanes) is 3. The van der Waals surface area contributed by atoms with E-state index in [0.29, 0.717) is 19.3 Å². The van der Waals surface area contributed by atoms with Crippen molar-refractivity contribution in [2.24, 2.45) is 0 Å². The number of rotatable bonds is 27. The Morgan fingerprint density at radius 1 is 0.593 bits per heavy atom. The SMILES string of the molecule is CC/C=C/C=C/C=C/C=C/C=C/CCCC(=O)OC(COC(=O)CCCC/C=C/C/C=C/C/C=C/CC)COP(=O)(O)OC1C(O)C(O)C(O)[C@@H](O)C1O. The van der Waals surface area contributed by atoms with E-state index in [1.807, 2.05) is 66.8 Å². The third-order valence-electron chi connectivity index (χ3n) is 7.80. The van der Waals surface area contributed by atoms with Gasteiger partial charge in [-0.1, -0.05) is 111 Å². The topological polar surface area (TPSA) is 210 Å². The van der Waals surface area contributed by atoms with Crippen LogP contribution in [0.25, 0.3) is 0 Å². The highest BCUT2D eigenvalue weighted by Gasteiger charge is 2.51. The Hall–Kier alpha value is -3.23. The molecule has 0 saturated heterocycles. The molecule has 0 aromatic carbocycles. The maximum absolute atomic E-state index is 12.7. The molecule has 1 aliphatic carbocycles. The lowest BCUT2D eigenvalue weighted by Gasteiger charge is -2.41. The zero-order valence-electron chi connectivity index (χ0n) is 31.5. The first-order valence-electron chi connectivity index (χ1n) is 18.6. The van der Waals surface area contributed by atoms with E-state index in [2.05, 4.69) is 44.2 Å². The highest BCUT2D eigenvalue weighted by molar-refractivity contribution is 7.47. The van der Waals surface area contributed by atoms with Crippen molar-refractivity contribution in [3.63, 3.8) is 0 Å². The highest BCUT2D eigenvalue weighted by Crippen LogP contribution is 2.47.